The minimum absolute atomic E-state index is 0.248. The Balaban J connectivity index is 2.16. The summed E-state index contributed by atoms with van der Waals surface area (Å²) in [6, 6.07) is 11.6. The van der Waals surface area contributed by atoms with E-state index in [9.17, 15) is 4.79 Å². The summed E-state index contributed by atoms with van der Waals surface area (Å²) in [5.41, 5.74) is 13.3. The van der Waals surface area contributed by atoms with Gasteiger partial charge in [0.1, 0.15) is 0 Å². The lowest BCUT2D eigenvalue weighted by atomic mass is 10.2. The van der Waals surface area contributed by atoms with Crippen LogP contribution >= 0.6 is 11.6 Å². The Morgan fingerprint density at radius 3 is 2.33 bits per heavy atom. The van der Waals surface area contributed by atoms with E-state index in [1.807, 2.05) is 0 Å². The maximum Gasteiger partial charge on any atom is 0.255 e. The number of anilines is 3. The molecule has 2 aromatic carbocycles. The minimum atomic E-state index is -0.248. The quantitative estimate of drug-likeness (QED) is 0.727. The summed E-state index contributed by atoms with van der Waals surface area (Å²) < 4.78 is 0. The number of amides is 1. The normalized spacial score (nSPS) is 10.1. The van der Waals surface area contributed by atoms with Crippen molar-refractivity contribution >= 4 is 34.6 Å². The molecule has 0 aliphatic rings. The lowest BCUT2D eigenvalue weighted by molar-refractivity contribution is 0.102. The topological polar surface area (TPSA) is 81.1 Å². The van der Waals surface area contributed by atoms with Crippen LogP contribution in [0.1, 0.15) is 10.4 Å². The van der Waals surface area contributed by atoms with E-state index in [1.54, 1.807) is 36.4 Å². The summed E-state index contributed by atoms with van der Waals surface area (Å²) in [6.45, 7) is 0. The molecule has 0 saturated carbocycles. The van der Waals surface area contributed by atoms with Gasteiger partial charge in [0.05, 0.1) is 10.7 Å². The van der Waals surface area contributed by atoms with Crippen molar-refractivity contribution in [1.29, 1.82) is 0 Å². The first-order valence-electron chi connectivity index (χ1n) is 5.28. The molecule has 0 saturated heterocycles. The fraction of sp³-hybridized carbons (Fsp3) is 0. The first kappa shape index (κ1) is 12.3. The van der Waals surface area contributed by atoms with Gasteiger partial charge in [-0.05, 0) is 42.5 Å². The summed E-state index contributed by atoms with van der Waals surface area (Å²) in [4.78, 5) is 11.9. The second-order valence-corrected chi connectivity index (χ2v) is 4.22. The fourth-order valence-corrected chi connectivity index (χ4v) is 1.62. The zero-order chi connectivity index (χ0) is 13.1. The number of nitrogen functional groups attached to an aromatic ring is 2. The van der Waals surface area contributed by atoms with E-state index in [1.165, 1.54) is 6.07 Å². The first-order valence-corrected chi connectivity index (χ1v) is 5.66. The van der Waals surface area contributed by atoms with E-state index in [-0.39, 0.29) is 5.91 Å². The smallest absolute Gasteiger partial charge is 0.255 e. The van der Waals surface area contributed by atoms with E-state index < -0.39 is 0 Å². The molecule has 0 fully saturated rings. The third-order valence-corrected chi connectivity index (χ3v) is 2.76. The average molecular weight is 262 g/mol. The molecule has 0 aromatic heterocycles. The van der Waals surface area contributed by atoms with Crippen molar-refractivity contribution in [1.82, 2.24) is 0 Å². The Morgan fingerprint density at radius 2 is 1.72 bits per heavy atom. The highest BCUT2D eigenvalue weighted by Crippen LogP contribution is 2.20. The van der Waals surface area contributed by atoms with Crippen LogP contribution in [0.3, 0.4) is 0 Å². The number of rotatable bonds is 2. The van der Waals surface area contributed by atoms with Gasteiger partial charge in [0, 0.05) is 16.9 Å². The fourth-order valence-electron chi connectivity index (χ4n) is 1.44. The third kappa shape index (κ3) is 2.73. The Bertz CT molecular complexity index is 581. The lowest BCUT2D eigenvalue weighted by Gasteiger charge is -2.06. The number of halogens is 1. The number of nitrogens with two attached hydrogens (primary N) is 2. The predicted molar refractivity (Wildman–Crippen MR) is 74.7 cm³/mol. The van der Waals surface area contributed by atoms with E-state index in [0.29, 0.717) is 27.6 Å². The van der Waals surface area contributed by atoms with Crippen molar-refractivity contribution in [2.24, 2.45) is 0 Å². The molecule has 92 valence electrons. The molecule has 5 heteroatoms. The molecule has 2 aromatic rings. The maximum atomic E-state index is 11.9. The van der Waals surface area contributed by atoms with Gasteiger partial charge < -0.3 is 16.8 Å². The molecule has 0 unspecified atom stereocenters. The van der Waals surface area contributed by atoms with Gasteiger partial charge in [0.25, 0.3) is 5.91 Å². The lowest BCUT2D eigenvalue weighted by Crippen LogP contribution is -2.12. The number of carbonyl (C=O) groups excluding carboxylic acids is 1. The molecule has 0 spiro atoms. The molecule has 1 amide bonds. The van der Waals surface area contributed by atoms with Crippen LogP contribution in [0.2, 0.25) is 5.02 Å². The summed E-state index contributed by atoms with van der Waals surface area (Å²) in [6.07, 6.45) is 0. The van der Waals surface area contributed by atoms with Crippen LogP contribution in [-0.4, -0.2) is 5.91 Å². The van der Waals surface area contributed by atoms with Crippen molar-refractivity contribution in [3.8, 4) is 0 Å². The van der Waals surface area contributed by atoms with Crippen LogP contribution in [0.4, 0.5) is 17.1 Å². The van der Waals surface area contributed by atoms with E-state index in [2.05, 4.69) is 5.32 Å². The Morgan fingerprint density at radius 1 is 1.06 bits per heavy atom. The van der Waals surface area contributed by atoms with E-state index >= 15 is 0 Å². The number of nitrogens with one attached hydrogen (secondary N) is 1. The second kappa shape index (κ2) is 4.98. The summed E-state index contributed by atoms with van der Waals surface area (Å²) in [7, 11) is 0. The largest absolute Gasteiger partial charge is 0.399 e. The summed E-state index contributed by atoms with van der Waals surface area (Å²) in [5.74, 6) is -0.248. The van der Waals surface area contributed by atoms with Gasteiger partial charge in [0.15, 0.2) is 0 Å². The molecule has 5 N–H and O–H groups in total. The van der Waals surface area contributed by atoms with Gasteiger partial charge in [-0.1, -0.05) is 11.6 Å². The molecular formula is C13H12ClN3O. The SMILES string of the molecule is Nc1ccc(NC(=O)c2ccc(N)c(Cl)c2)cc1. The third-order valence-electron chi connectivity index (χ3n) is 2.43. The average Bonchev–Trinajstić information content (AvgIpc) is 2.35. The number of benzene rings is 2. The van der Waals surface area contributed by atoms with Gasteiger partial charge >= 0.3 is 0 Å². The van der Waals surface area contributed by atoms with Crippen molar-refractivity contribution in [3.05, 3.63) is 53.1 Å². The zero-order valence-corrected chi connectivity index (χ0v) is 10.2. The number of hydrogen-bond donors (Lipinski definition) is 3. The van der Waals surface area contributed by atoms with Crippen LogP contribution in [0.15, 0.2) is 42.5 Å². The van der Waals surface area contributed by atoms with Crippen LogP contribution < -0.4 is 16.8 Å². The standard InChI is InChI=1S/C13H12ClN3O/c14-11-7-8(1-6-12(11)16)13(18)17-10-4-2-9(15)3-5-10/h1-7H,15-16H2,(H,17,18). The molecular weight excluding hydrogens is 250 g/mol. The molecule has 0 bridgehead atoms. The first-order chi connectivity index (χ1) is 8.56. The van der Waals surface area contributed by atoms with Gasteiger partial charge in [0.2, 0.25) is 0 Å². The van der Waals surface area contributed by atoms with Crippen LogP contribution in [0.25, 0.3) is 0 Å². The molecule has 0 radical (unpaired) electrons. The Labute approximate surface area is 110 Å². The molecule has 18 heavy (non-hydrogen) atoms. The summed E-state index contributed by atoms with van der Waals surface area (Å²) >= 11 is 5.86. The second-order valence-electron chi connectivity index (χ2n) is 3.81. The van der Waals surface area contributed by atoms with E-state index in [0.717, 1.165) is 0 Å². The highest BCUT2D eigenvalue weighted by atomic mass is 35.5. The number of carbonyl (C=O) groups is 1. The molecule has 0 aliphatic heterocycles. The molecule has 0 atom stereocenters. The number of hydrogen-bond acceptors (Lipinski definition) is 3. The summed E-state index contributed by atoms with van der Waals surface area (Å²) in [5, 5.41) is 3.10. The van der Waals surface area contributed by atoms with Crippen LogP contribution in [0, 0.1) is 0 Å². The molecule has 4 nitrogen and oxygen atoms in total. The van der Waals surface area contributed by atoms with Crippen molar-refractivity contribution in [2.45, 2.75) is 0 Å². The van der Waals surface area contributed by atoms with Crippen molar-refractivity contribution in [3.63, 3.8) is 0 Å². The maximum absolute atomic E-state index is 11.9. The van der Waals surface area contributed by atoms with Crippen LogP contribution in [0.5, 0.6) is 0 Å². The molecule has 0 heterocycles. The van der Waals surface area contributed by atoms with Crippen molar-refractivity contribution < 1.29 is 4.79 Å². The monoisotopic (exact) mass is 261 g/mol. The van der Waals surface area contributed by atoms with Gasteiger partial charge in [-0.3, -0.25) is 4.79 Å². The van der Waals surface area contributed by atoms with Gasteiger partial charge in [-0.15, -0.1) is 0 Å². The van der Waals surface area contributed by atoms with E-state index in [4.69, 9.17) is 23.1 Å². The molecule has 2 rings (SSSR count). The predicted octanol–water partition coefficient (Wildman–Crippen LogP) is 2.76. The zero-order valence-electron chi connectivity index (χ0n) is 9.48. The van der Waals surface area contributed by atoms with Gasteiger partial charge in [-0.25, -0.2) is 0 Å². The highest BCUT2D eigenvalue weighted by molar-refractivity contribution is 6.33. The van der Waals surface area contributed by atoms with Crippen molar-refractivity contribution in [2.75, 3.05) is 16.8 Å². The van der Waals surface area contributed by atoms with Gasteiger partial charge in [-0.2, -0.15) is 0 Å². The minimum Gasteiger partial charge on any atom is -0.399 e. The Hall–Kier alpha value is -2.20. The molecule has 0 aliphatic carbocycles. The highest BCUT2D eigenvalue weighted by Gasteiger charge is 2.07. The van der Waals surface area contributed by atoms with Crippen LogP contribution in [-0.2, 0) is 0 Å². The Kier molecular flexibility index (Phi) is 3.39.